The van der Waals surface area contributed by atoms with Crippen LogP contribution in [0.25, 0.3) is 0 Å². The molecule has 0 bridgehead atoms. The summed E-state index contributed by atoms with van der Waals surface area (Å²) in [5.41, 5.74) is 9.80. The second-order valence-corrected chi connectivity index (χ2v) is 23.0. The van der Waals surface area contributed by atoms with Gasteiger partial charge in [-0.25, -0.2) is 13.2 Å². The first-order valence-corrected chi connectivity index (χ1v) is 28.9. The predicted molar refractivity (Wildman–Crippen MR) is 295 cm³/mol. The largest absolute Gasteiger partial charge is 0.497 e. The zero-order chi connectivity index (χ0) is 52.9. The monoisotopic (exact) mass is 1080 g/mol. The molecule has 0 aromatic heterocycles. The summed E-state index contributed by atoms with van der Waals surface area (Å²) < 4.78 is 70.0. The van der Waals surface area contributed by atoms with E-state index >= 15 is 8.42 Å². The molecule has 6 aromatic rings. The molecule has 0 radical (unpaired) electrons. The number of sulfonamides is 1. The molecule has 1 amide bonds. The third-order valence-electron chi connectivity index (χ3n) is 16.6. The number of aliphatic hydroxyl groups is 1. The van der Waals surface area contributed by atoms with E-state index in [2.05, 4.69) is 21.9 Å². The van der Waals surface area contributed by atoms with Crippen LogP contribution in [-0.2, 0) is 61.1 Å². The van der Waals surface area contributed by atoms with Crippen LogP contribution in [0.2, 0.25) is 5.02 Å². The molecule has 14 nitrogen and oxygen atoms in total. The van der Waals surface area contributed by atoms with E-state index in [1.165, 1.54) is 27.4 Å². The fraction of sp³-hybridized carbons (Fsp3) is 0.393. The van der Waals surface area contributed by atoms with E-state index in [0.717, 1.165) is 128 Å². The first-order valence-electron chi connectivity index (χ1n) is 27.1. The van der Waals surface area contributed by atoms with Crippen molar-refractivity contribution in [1.82, 2.24) is 9.21 Å². The average Bonchev–Trinajstić information content (AvgIpc) is 3.85. The molecule has 6 aliphatic heterocycles. The van der Waals surface area contributed by atoms with Crippen LogP contribution in [0.3, 0.4) is 0 Å². The predicted octanol–water partition coefficient (Wildman–Crippen LogP) is 9.61. The second-order valence-electron chi connectivity index (χ2n) is 20.7. The van der Waals surface area contributed by atoms with Crippen LogP contribution < -0.4 is 24.0 Å². The van der Waals surface area contributed by atoms with Crippen LogP contribution in [-0.4, -0.2) is 122 Å². The highest BCUT2D eigenvalue weighted by molar-refractivity contribution is 7.89. The van der Waals surface area contributed by atoms with Crippen LogP contribution in [0.5, 0.6) is 23.0 Å². The van der Waals surface area contributed by atoms with Crippen molar-refractivity contribution in [2.75, 3.05) is 103 Å². The minimum absolute atomic E-state index is 0.00179. The number of hydrogen-bond donors (Lipinski definition) is 1. The van der Waals surface area contributed by atoms with Crippen molar-refractivity contribution in [1.29, 1.82) is 0 Å². The summed E-state index contributed by atoms with van der Waals surface area (Å²) >= 11 is 6.71. The van der Waals surface area contributed by atoms with Gasteiger partial charge >= 0.3 is 6.09 Å². The Hall–Kier alpha value is -6.33. The Labute approximate surface area is 456 Å². The molecule has 12 rings (SSSR count). The standard InChI is InChI=1S/C61H65ClN4O10S/c1-71-47-21-16-44(17-22-47)61(43-12-4-3-5-13-43,45-18-23-48(72-2)24-19-45)75-35-31-65(30-33-67)59(68)74-37-36-73-34-32-66-60(51-25-20-46(62)40-54(51)77(66,69)70)52-38-41-10-6-26-63-28-8-14-49(55(41)63)57(52)76-58-50-15-9-29-64-27-7-11-42(56(50)64)39-53(58)60/h3-5,12-13,16-25,38-40,67H,6-11,14-15,26-37H2,1-2H3. The molecule has 0 aliphatic carbocycles. The number of ether oxygens (including phenoxy) is 6. The number of hydrogen-bond acceptors (Lipinski definition) is 12. The third kappa shape index (κ3) is 8.68. The van der Waals surface area contributed by atoms with E-state index in [9.17, 15) is 9.90 Å². The maximum Gasteiger partial charge on any atom is 0.409 e. The summed E-state index contributed by atoms with van der Waals surface area (Å²) in [5, 5.41) is 10.5. The number of amides is 1. The zero-order valence-electron chi connectivity index (χ0n) is 43.7. The fourth-order valence-corrected chi connectivity index (χ4v) is 15.5. The van der Waals surface area contributed by atoms with Crippen molar-refractivity contribution in [2.24, 2.45) is 0 Å². The Kier molecular flexibility index (Phi) is 14.1. The number of halogens is 1. The summed E-state index contributed by atoms with van der Waals surface area (Å²) in [6.45, 7) is 3.72. The summed E-state index contributed by atoms with van der Waals surface area (Å²) in [4.78, 5) is 20.4. The topological polar surface area (TPSA) is 140 Å². The highest BCUT2D eigenvalue weighted by Gasteiger charge is 2.61. The second kappa shape index (κ2) is 21.1. The lowest BCUT2D eigenvalue weighted by atomic mass is 9.70. The molecule has 6 aromatic carbocycles. The van der Waals surface area contributed by atoms with E-state index < -0.39 is 27.3 Å². The number of benzene rings is 6. The van der Waals surface area contributed by atoms with Crippen LogP contribution in [0, 0.1) is 0 Å². The van der Waals surface area contributed by atoms with E-state index in [4.69, 9.17) is 40.0 Å². The molecule has 1 N–H and O–H groups in total. The van der Waals surface area contributed by atoms with Crippen LogP contribution in [0.4, 0.5) is 16.2 Å². The number of methoxy groups -OCH3 is 2. The lowest BCUT2D eigenvalue weighted by Crippen LogP contribution is -2.49. The van der Waals surface area contributed by atoms with Gasteiger partial charge in [-0.1, -0.05) is 72.3 Å². The van der Waals surface area contributed by atoms with Crippen molar-refractivity contribution < 1.29 is 46.7 Å². The van der Waals surface area contributed by atoms with Gasteiger partial charge in [-0.3, -0.25) is 0 Å². The quantitative estimate of drug-likeness (QED) is 0.0688. The molecule has 6 aliphatic rings. The van der Waals surface area contributed by atoms with Gasteiger partial charge in [-0.15, -0.1) is 0 Å². The van der Waals surface area contributed by atoms with Gasteiger partial charge < -0.3 is 48.2 Å². The highest BCUT2D eigenvalue weighted by atomic mass is 35.5. The van der Waals surface area contributed by atoms with Gasteiger partial charge in [0.15, 0.2) is 0 Å². The fourth-order valence-electron chi connectivity index (χ4n) is 13.3. The Morgan fingerprint density at radius 3 is 1.79 bits per heavy atom. The Morgan fingerprint density at radius 2 is 1.23 bits per heavy atom. The SMILES string of the molecule is COc1ccc(C(OCCN(CCO)C(=O)OCCOCCN2C3(c4ccc(Cl)cc4S2(=O)=O)c2cc4c5c(c2Oc2c3cc3c6c2CCCN6CCC3)CCCN5CCC4)(c2ccccc2)c2ccc(OC)cc2)cc1. The lowest BCUT2D eigenvalue weighted by Gasteiger charge is -2.48. The molecule has 0 fully saturated rings. The molecule has 0 saturated carbocycles. The van der Waals surface area contributed by atoms with Gasteiger partial charge in [-0.05, 0) is 128 Å². The lowest BCUT2D eigenvalue weighted by molar-refractivity contribution is -0.00410. The summed E-state index contributed by atoms with van der Waals surface area (Å²) in [7, 11) is -0.941. The van der Waals surface area contributed by atoms with Crippen molar-refractivity contribution >= 4 is 39.1 Å². The maximum absolute atomic E-state index is 15.5. The molecule has 6 heterocycles. The van der Waals surface area contributed by atoms with E-state index in [-0.39, 0.29) is 57.6 Å². The van der Waals surface area contributed by atoms with Crippen molar-refractivity contribution in [3.8, 4) is 23.0 Å². The number of nitrogens with zero attached hydrogens (tertiary/aromatic N) is 4. The molecule has 0 saturated heterocycles. The minimum atomic E-state index is -4.19. The first-order chi connectivity index (χ1) is 37.6. The molecule has 0 atom stereocenters. The number of carbonyl (C=O) groups excluding carboxylic acids is 1. The summed E-state index contributed by atoms with van der Waals surface area (Å²) in [6.07, 6.45) is 6.83. The normalized spacial score (nSPS) is 17.4. The van der Waals surface area contributed by atoms with Gasteiger partial charge in [0, 0.05) is 90.0 Å². The summed E-state index contributed by atoms with van der Waals surface area (Å²) in [5.74, 6) is 2.93. The Bertz CT molecular complexity index is 3170. The molecule has 16 heteroatoms. The Balaban J connectivity index is 0.806. The van der Waals surface area contributed by atoms with Crippen LogP contribution in [0.1, 0.15) is 81.3 Å². The van der Waals surface area contributed by atoms with E-state index in [0.29, 0.717) is 22.1 Å². The van der Waals surface area contributed by atoms with Crippen molar-refractivity contribution in [3.63, 3.8) is 0 Å². The van der Waals surface area contributed by atoms with Gasteiger partial charge in [0.25, 0.3) is 0 Å². The number of carbonyl (C=O) groups is 1. The number of anilines is 2. The van der Waals surface area contributed by atoms with Gasteiger partial charge in [-0.2, -0.15) is 4.31 Å². The molecule has 1 spiro atoms. The van der Waals surface area contributed by atoms with E-state index in [1.807, 2.05) is 91.0 Å². The molecule has 77 heavy (non-hydrogen) atoms. The zero-order valence-corrected chi connectivity index (χ0v) is 45.3. The summed E-state index contributed by atoms with van der Waals surface area (Å²) in [6, 6.07) is 35.1. The molecular formula is C61H65ClN4O10S. The minimum Gasteiger partial charge on any atom is -0.497 e. The first kappa shape index (κ1) is 51.4. The van der Waals surface area contributed by atoms with E-state index in [1.54, 1.807) is 24.6 Å². The maximum atomic E-state index is 15.5. The molecule has 0 unspecified atom stereocenters. The van der Waals surface area contributed by atoms with Crippen LogP contribution in [0.15, 0.2) is 114 Å². The highest BCUT2D eigenvalue weighted by Crippen LogP contribution is 2.64. The third-order valence-corrected chi connectivity index (χ3v) is 18.7. The van der Waals surface area contributed by atoms with Gasteiger partial charge in [0.05, 0.1) is 45.5 Å². The number of aliphatic hydroxyl groups excluding tert-OH is 1. The average molecular weight is 1080 g/mol. The Morgan fingerprint density at radius 1 is 0.675 bits per heavy atom. The van der Waals surface area contributed by atoms with Crippen molar-refractivity contribution in [3.05, 3.63) is 170 Å². The smallest absolute Gasteiger partial charge is 0.409 e. The molecule has 402 valence electrons. The molecular weight excluding hydrogens is 1020 g/mol. The van der Waals surface area contributed by atoms with Gasteiger partial charge in [0.2, 0.25) is 10.0 Å². The van der Waals surface area contributed by atoms with Crippen molar-refractivity contribution in [2.45, 2.75) is 67.4 Å². The number of aryl methyl sites for hydroxylation is 2. The number of fused-ring (bicyclic) bond motifs is 8. The van der Waals surface area contributed by atoms with Gasteiger partial charge in [0.1, 0.15) is 40.7 Å². The van der Waals surface area contributed by atoms with Crippen LogP contribution >= 0.6 is 11.6 Å². The number of rotatable bonds is 17.